The van der Waals surface area contributed by atoms with Gasteiger partial charge in [0.25, 0.3) is 0 Å². The number of aromatic nitrogens is 1. The van der Waals surface area contributed by atoms with Gasteiger partial charge in [-0.25, -0.2) is 4.98 Å². The molecule has 0 bridgehead atoms. The van der Waals surface area contributed by atoms with Crippen molar-refractivity contribution in [3.05, 3.63) is 66.6 Å². The minimum Gasteiger partial charge on any atom is -0.490 e. The van der Waals surface area contributed by atoms with Gasteiger partial charge in [0.15, 0.2) is 11.5 Å². The van der Waals surface area contributed by atoms with Gasteiger partial charge in [-0.2, -0.15) is 0 Å². The normalized spacial score (nSPS) is 10.4. The minimum absolute atomic E-state index is 0.499. The smallest absolute Gasteiger partial charge is 0.225 e. The second-order valence-corrected chi connectivity index (χ2v) is 4.71. The highest BCUT2D eigenvalue weighted by atomic mass is 16.5. The molecule has 0 saturated heterocycles. The van der Waals surface area contributed by atoms with Gasteiger partial charge in [-0.05, 0) is 30.7 Å². The molecule has 0 spiro atoms. The highest BCUT2D eigenvalue weighted by Crippen LogP contribution is 2.32. The molecule has 0 aliphatic carbocycles. The van der Waals surface area contributed by atoms with Crippen LogP contribution in [0.2, 0.25) is 0 Å². The van der Waals surface area contributed by atoms with E-state index in [1.54, 1.807) is 12.5 Å². The van der Waals surface area contributed by atoms with Crippen molar-refractivity contribution in [2.75, 3.05) is 6.61 Å². The SMILES string of the molecule is CCOc1cc(-c2ncco2)ccc1OCc1ccccc1. The van der Waals surface area contributed by atoms with Gasteiger partial charge in [0.1, 0.15) is 12.9 Å². The van der Waals surface area contributed by atoms with Crippen LogP contribution in [0.4, 0.5) is 0 Å². The molecule has 4 heteroatoms. The van der Waals surface area contributed by atoms with Crippen LogP contribution < -0.4 is 9.47 Å². The number of hydrogen-bond donors (Lipinski definition) is 0. The van der Waals surface area contributed by atoms with Gasteiger partial charge in [-0.3, -0.25) is 0 Å². The van der Waals surface area contributed by atoms with Crippen molar-refractivity contribution < 1.29 is 13.9 Å². The first-order valence-corrected chi connectivity index (χ1v) is 7.20. The van der Waals surface area contributed by atoms with Crippen LogP contribution in [-0.4, -0.2) is 11.6 Å². The van der Waals surface area contributed by atoms with Crippen LogP contribution in [0.25, 0.3) is 11.5 Å². The number of nitrogens with zero attached hydrogens (tertiary/aromatic N) is 1. The fourth-order valence-electron chi connectivity index (χ4n) is 2.13. The summed E-state index contributed by atoms with van der Waals surface area (Å²) in [6, 6.07) is 15.7. The maximum Gasteiger partial charge on any atom is 0.225 e. The van der Waals surface area contributed by atoms with E-state index in [1.807, 2.05) is 55.5 Å². The molecule has 1 heterocycles. The zero-order chi connectivity index (χ0) is 15.2. The molecule has 0 amide bonds. The lowest BCUT2D eigenvalue weighted by molar-refractivity contribution is 0.269. The lowest BCUT2D eigenvalue weighted by Gasteiger charge is -2.12. The Labute approximate surface area is 129 Å². The van der Waals surface area contributed by atoms with E-state index in [0.717, 1.165) is 11.1 Å². The lowest BCUT2D eigenvalue weighted by atomic mass is 10.2. The van der Waals surface area contributed by atoms with Crippen LogP contribution in [0.3, 0.4) is 0 Å². The molecule has 112 valence electrons. The number of rotatable bonds is 6. The van der Waals surface area contributed by atoms with Crippen LogP contribution >= 0.6 is 0 Å². The Bertz CT molecular complexity index is 708. The molecule has 0 aliphatic heterocycles. The molecule has 0 N–H and O–H groups in total. The van der Waals surface area contributed by atoms with E-state index in [2.05, 4.69) is 4.98 Å². The second kappa shape index (κ2) is 6.80. The first kappa shape index (κ1) is 14.2. The molecule has 0 atom stereocenters. The summed E-state index contributed by atoms with van der Waals surface area (Å²) >= 11 is 0. The number of benzene rings is 2. The van der Waals surface area contributed by atoms with Crippen LogP contribution in [-0.2, 0) is 6.61 Å². The fraction of sp³-hybridized carbons (Fsp3) is 0.167. The number of hydrogen-bond acceptors (Lipinski definition) is 4. The van der Waals surface area contributed by atoms with Crippen molar-refractivity contribution in [1.29, 1.82) is 0 Å². The number of oxazole rings is 1. The van der Waals surface area contributed by atoms with Crippen LogP contribution in [0.5, 0.6) is 11.5 Å². The molecular formula is C18H17NO3. The number of ether oxygens (including phenoxy) is 2. The molecule has 22 heavy (non-hydrogen) atoms. The van der Waals surface area contributed by atoms with E-state index >= 15 is 0 Å². The topological polar surface area (TPSA) is 44.5 Å². The third kappa shape index (κ3) is 3.28. The Kier molecular flexibility index (Phi) is 4.39. The predicted octanol–water partition coefficient (Wildman–Crippen LogP) is 4.32. The maximum absolute atomic E-state index is 5.87. The highest BCUT2D eigenvalue weighted by molar-refractivity contribution is 5.59. The molecule has 0 unspecified atom stereocenters. The standard InChI is InChI=1S/C18H17NO3/c1-2-20-17-12-15(18-19-10-11-21-18)8-9-16(17)22-13-14-6-4-3-5-7-14/h3-12H,2,13H2,1H3. The van der Waals surface area contributed by atoms with Crippen molar-refractivity contribution in [3.63, 3.8) is 0 Å². The van der Waals surface area contributed by atoms with E-state index in [1.165, 1.54) is 0 Å². The lowest BCUT2D eigenvalue weighted by Crippen LogP contribution is -1.99. The summed E-state index contributed by atoms with van der Waals surface area (Å²) < 4.78 is 16.9. The van der Waals surface area contributed by atoms with Gasteiger partial charge in [0, 0.05) is 5.56 Å². The third-order valence-electron chi connectivity index (χ3n) is 3.16. The zero-order valence-electron chi connectivity index (χ0n) is 12.4. The first-order chi connectivity index (χ1) is 10.9. The summed E-state index contributed by atoms with van der Waals surface area (Å²) in [5, 5.41) is 0. The summed E-state index contributed by atoms with van der Waals surface area (Å²) in [4.78, 5) is 4.15. The fourth-order valence-corrected chi connectivity index (χ4v) is 2.13. The Morgan fingerprint density at radius 2 is 1.86 bits per heavy atom. The molecule has 3 rings (SSSR count). The molecule has 1 aromatic heterocycles. The van der Waals surface area contributed by atoms with Crippen LogP contribution in [0.1, 0.15) is 12.5 Å². The molecule has 4 nitrogen and oxygen atoms in total. The molecule has 0 fully saturated rings. The van der Waals surface area contributed by atoms with Crippen molar-refractivity contribution in [3.8, 4) is 23.0 Å². The van der Waals surface area contributed by atoms with Crippen LogP contribution in [0, 0.1) is 0 Å². The largest absolute Gasteiger partial charge is 0.490 e. The highest BCUT2D eigenvalue weighted by Gasteiger charge is 2.10. The van der Waals surface area contributed by atoms with Gasteiger partial charge >= 0.3 is 0 Å². The average molecular weight is 295 g/mol. The summed E-state index contributed by atoms with van der Waals surface area (Å²) in [7, 11) is 0. The van der Waals surface area contributed by atoms with Crippen LogP contribution in [0.15, 0.2) is 65.4 Å². The van der Waals surface area contributed by atoms with Crippen molar-refractivity contribution in [1.82, 2.24) is 4.98 Å². The Balaban J connectivity index is 1.81. The van der Waals surface area contributed by atoms with Gasteiger partial charge in [-0.1, -0.05) is 30.3 Å². The molecule has 3 aromatic rings. The zero-order valence-corrected chi connectivity index (χ0v) is 12.4. The molecule has 0 radical (unpaired) electrons. The molecular weight excluding hydrogens is 278 g/mol. The summed E-state index contributed by atoms with van der Waals surface area (Å²) in [6.07, 6.45) is 3.17. The first-order valence-electron chi connectivity index (χ1n) is 7.20. The van der Waals surface area contributed by atoms with Crippen molar-refractivity contribution in [2.45, 2.75) is 13.5 Å². The van der Waals surface area contributed by atoms with E-state index in [-0.39, 0.29) is 0 Å². The van der Waals surface area contributed by atoms with Gasteiger partial charge in [-0.15, -0.1) is 0 Å². The third-order valence-corrected chi connectivity index (χ3v) is 3.16. The summed E-state index contributed by atoms with van der Waals surface area (Å²) in [5.41, 5.74) is 1.97. The Hall–Kier alpha value is -2.75. The summed E-state index contributed by atoms with van der Waals surface area (Å²) in [5.74, 6) is 1.96. The van der Waals surface area contributed by atoms with E-state index < -0.39 is 0 Å². The Morgan fingerprint density at radius 1 is 1.00 bits per heavy atom. The van der Waals surface area contributed by atoms with E-state index in [9.17, 15) is 0 Å². The van der Waals surface area contributed by atoms with Gasteiger partial charge in [0.05, 0.1) is 12.8 Å². The second-order valence-electron chi connectivity index (χ2n) is 4.71. The van der Waals surface area contributed by atoms with E-state index in [4.69, 9.17) is 13.9 Å². The Morgan fingerprint density at radius 3 is 2.59 bits per heavy atom. The molecule has 2 aromatic carbocycles. The van der Waals surface area contributed by atoms with Crippen molar-refractivity contribution >= 4 is 0 Å². The minimum atomic E-state index is 0.499. The predicted molar refractivity (Wildman–Crippen MR) is 83.9 cm³/mol. The summed E-state index contributed by atoms with van der Waals surface area (Å²) in [6.45, 7) is 3.01. The van der Waals surface area contributed by atoms with Crippen molar-refractivity contribution in [2.24, 2.45) is 0 Å². The van der Waals surface area contributed by atoms with Gasteiger partial charge in [0.2, 0.25) is 5.89 Å². The monoisotopic (exact) mass is 295 g/mol. The van der Waals surface area contributed by atoms with Gasteiger partial charge < -0.3 is 13.9 Å². The quantitative estimate of drug-likeness (QED) is 0.679. The molecule has 0 aliphatic rings. The average Bonchev–Trinajstić information content (AvgIpc) is 3.09. The molecule has 0 saturated carbocycles. The van der Waals surface area contributed by atoms with E-state index in [0.29, 0.717) is 30.6 Å². The maximum atomic E-state index is 5.87.